The Labute approximate surface area is 125 Å². The van der Waals surface area contributed by atoms with E-state index in [1.807, 2.05) is 30.3 Å². The lowest BCUT2D eigenvalue weighted by atomic mass is 9.93. The summed E-state index contributed by atoms with van der Waals surface area (Å²) in [6, 6.07) is 13.0. The van der Waals surface area contributed by atoms with E-state index in [1.54, 1.807) is 11.8 Å². The molecule has 20 heavy (non-hydrogen) atoms. The fourth-order valence-corrected chi connectivity index (χ4v) is 3.29. The molecule has 0 spiro atoms. The first-order valence-corrected chi connectivity index (χ1v) is 8.22. The second kappa shape index (κ2) is 7.12. The van der Waals surface area contributed by atoms with E-state index >= 15 is 0 Å². The molecule has 0 radical (unpaired) electrons. The summed E-state index contributed by atoms with van der Waals surface area (Å²) in [5, 5.41) is 22.7. The molecule has 1 aliphatic carbocycles. The molecule has 1 aliphatic rings. The zero-order valence-corrected chi connectivity index (χ0v) is 12.7. The van der Waals surface area contributed by atoms with Crippen LogP contribution in [0.25, 0.3) is 0 Å². The molecule has 0 heterocycles. The molecule has 1 aromatic rings. The van der Waals surface area contributed by atoms with Gasteiger partial charge in [-0.3, -0.25) is 5.32 Å². The number of nitrogens with zero attached hydrogens (tertiary/aromatic N) is 1. The minimum Gasteiger partial charge on any atom is -0.396 e. The molecule has 2 atom stereocenters. The molecule has 2 unspecified atom stereocenters. The summed E-state index contributed by atoms with van der Waals surface area (Å²) in [4.78, 5) is 0. The summed E-state index contributed by atoms with van der Waals surface area (Å²) in [5.41, 5.74) is 0.426. The molecule has 1 saturated carbocycles. The molecule has 1 aromatic carbocycles. The van der Waals surface area contributed by atoms with Crippen molar-refractivity contribution in [2.75, 3.05) is 12.4 Å². The molecule has 108 valence electrons. The molecule has 0 amide bonds. The van der Waals surface area contributed by atoms with Gasteiger partial charge in [-0.05, 0) is 24.8 Å². The fourth-order valence-electron chi connectivity index (χ4n) is 2.17. The Morgan fingerprint density at radius 2 is 2.15 bits per heavy atom. The van der Waals surface area contributed by atoms with E-state index in [-0.39, 0.29) is 6.61 Å². The first kappa shape index (κ1) is 15.4. The van der Waals surface area contributed by atoms with Crippen molar-refractivity contribution < 1.29 is 5.11 Å². The number of aliphatic hydroxyl groups excluding tert-OH is 1. The van der Waals surface area contributed by atoms with Crippen molar-refractivity contribution in [2.45, 2.75) is 43.0 Å². The second-order valence-electron chi connectivity index (χ2n) is 5.44. The minimum atomic E-state index is -0.614. The third-order valence-corrected chi connectivity index (χ3v) is 5.01. The maximum absolute atomic E-state index is 9.77. The van der Waals surface area contributed by atoms with E-state index in [2.05, 4.69) is 18.3 Å². The highest BCUT2D eigenvalue weighted by molar-refractivity contribution is 7.99. The van der Waals surface area contributed by atoms with E-state index in [0.717, 1.165) is 24.8 Å². The van der Waals surface area contributed by atoms with E-state index in [9.17, 15) is 5.26 Å². The van der Waals surface area contributed by atoms with Gasteiger partial charge in [0.2, 0.25) is 0 Å². The Kier molecular flexibility index (Phi) is 5.47. The molecule has 0 bridgehead atoms. The molecule has 4 heteroatoms. The van der Waals surface area contributed by atoms with Crippen LogP contribution in [0.3, 0.4) is 0 Å². The topological polar surface area (TPSA) is 56.0 Å². The third kappa shape index (κ3) is 3.99. The number of hydrogen-bond donors (Lipinski definition) is 2. The van der Waals surface area contributed by atoms with E-state index < -0.39 is 5.54 Å². The van der Waals surface area contributed by atoms with Crippen molar-refractivity contribution in [3.05, 3.63) is 35.9 Å². The van der Waals surface area contributed by atoms with Gasteiger partial charge in [0.15, 0.2) is 0 Å². The van der Waals surface area contributed by atoms with Crippen LogP contribution in [-0.4, -0.2) is 28.8 Å². The van der Waals surface area contributed by atoms with Crippen molar-refractivity contribution in [3.8, 4) is 6.07 Å². The van der Waals surface area contributed by atoms with Crippen molar-refractivity contribution in [1.29, 1.82) is 5.26 Å². The Morgan fingerprint density at radius 3 is 2.70 bits per heavy atom. The van der Waals surface area contributed by atoms with Gasteiger partial charge in [-0.25, -0.2) is 0 Å². The summed E-state index contributed by atoms with van der Waals surface area (Å²) in [7, 11) is 0. The molecule has 2 N–H and O–H groups in total. The number of nitriles is 1. The van der Waals surface area contributed by atoms with Gasteiger partial charge in [-0.2, -0.15) is 17.0 Å². The number of hydrogen-bond acceptors (Lipinski definition) is 4. The third-order valence-electron chi connectivity index (χ3n) is 3.61. The van der Waals surface area contributed by atoms with E-state index in [0.29, 0.717) is 17.0 Å². The molecule has 3 nitrogen and oxygen atoms in total. The van der Waals surface area contributed by atoms with Gasteiger partial charge in [0.1, 0.15) is 5.54 Å². The standard InChI is InChI=1S/C16H22N2OS/c1-13(9-10-19)20-12-16(11-17,18-15-7-8-15)14-5-3-2-4-6-14/h2-6,13,15,18-19H,7-10,12H2,1H3. The molecule has 0 aromatic heterocycles. The van der Waals surface area contributed by atoms with Gasteiger partial charge in [-0.1, -0.05) is 37.3 Å². The predicted molar refractivity (Wildman–Crippen MR) is 83.5 cm³/mol. The van der Waals surface area contributed by atoms with Gasteiger partial charge in [0.25, 0.3) is 0 Å². The molecule has 0 saturated heterocycles. The monoisotopic (exact) mass is 290 g/mol. The quantitative estimate of drug-likeness (QED) is 0.773. The van der Waals surface area contributed by atoms with Crippen molar-refractivity contribution in [1.82, 2.24) is 5.32 Å². The maximum Gasteiger partial charge on any atom is 0.141 e. The SMILES string of the molecule is CC(CCO)SCC(C#N)(NC1CC1)c1ccccc1. The lowest BCUT2D eigenvalue weighted by Gasteiger charge is -2.29. The van der Waals surface area contributed by atoms with Crippen LogP contribution in [0.15, 0.2) is 30.3 Å². The Balaban J connectivity index is 2.12. The normalized spacial score (nSPS) is 19.1. The predicted octanol–water partition coefficient (Wildman–Crippen LogP) is 2.66. The first-order valence-electron chi connectivity index (χ1n) is 7.17. The largest absolute Gasteiger partial charge is 0.396 e. The van der Waals surface area contributed by atoms with Gasteiger partial charge in [0, 0.05) is 23.7 Å². The fraction of sp³-hybridized carbons (Fsp3) is 0.562. The van der Waals surface area contributed by atoms with Crippen LogP contribution in [0.2, 0.25) is 0 Å². The average Bonchev–Trinajstić information content (AvgIpc) is 3.29. The van der Waals surface area contributed by atoms with Crippen LogP contribution < -0.4 is 5.32 Å². The Hall–Kier alpha value is -1.02. The highest BCUT2D eigenvalue weighted by atomic mass is 32.2. The smallest absolute Gasteiger partial charge is 0.141 e. The van der Waals surface area contributed by atoms with Gasteiger partial charge >= 0.3 is 0 Å². The highest BCUT2D eigenvalue weighted by Crippen LogP contribution is 2.32. The van der Waals surface area contributed by atoms with Crippen LogP contribution in [-0.2, 0) is 5.54 Å². The van der Waals surface area contributed by atoms with Crippen molar-refractivity contribution in [2.24, 2.45) is 0 Å². The first-order chi connectivity index (χ1) is 9.70. The van der Waals surface area contributed by atoms with Crippen LogP contribution in [0, 0.1) is 11.3 Å². The second-order valence-corrected chi connectivity index (χ2v) is 6.86. The van der Waals surface area contributed by atoms with Crippen LogP contribution in [0.1, 0.15) is 31.7 Å². The maximum atomic E-state index is 9.77. The van der Waals surface area contributed by atoms with Crippen LogP contribution >= 0.6 is 11.8 Å². The molecular weight excluding hydrogens is 268 g/mol. The Morgan fingerprint density at radius 1 is 1.45 bits per heavy atom. The number of thioether (sulfide) groups is 1. The van der Waals surface area contributed by atoms with Gasteiger partial charge in [-0.15, -0.1) is 0 Å². The van der Waals surface area contributed by atoms with Crippen molar-refractivity contribution in [3.63, 3.8) is 0 Å². The summed E-state index contributed by atoms with van der Waals surface area (Å²) < 4.78 is 0. The zero-order chi connectivity index (χ0) is 14.4. The molecule has 1 fully saturated rings. The summed E-state index contributed by atoms with van der Waals surface area (Å²) in [6.07, 6.45) is 3.09. The molecule has 2 rings (SSSR count). The van der Waals surface area contributed by atoms with Gasteiger partial charge < -0.3 is 5.11 Å². The number of nitrogens with one attached hydrogen (secondary N) is 1. The number of rotatable bonds is 8. The Bertz CT molecular complexity index is 455. The summed E-state index contributed by atoms with van der Waals surface area (Å²) in [5.74, 6) is 0.713. The van der Waals surface area contributed by atoms with Crippen molar-refractivity contribution >= 4 is 11.8 Å². The lowest BCUT2D eigenvalue weighted by Crippen LogP contribution is -2.45. The van der Waals surface area contributed by atoms with E-state index in [1.165, 1.54) is 0 Å². The minimum absolute atomic E-state index is 0.203. The molecule has 0 aliphatic heterocycles. The van der Waals surface area contributed by atoms with E-state index in [4.69, 9.17) is 5.11 Å². The average molecular weight is 290 g/mol. The van der Waals surface area contributed by atoms with Crippen LogP contribution in [0.5, 0.6) is 0 Å². The summed E-state index contributed by atoms with van der Waals surface area (Å²) >= 11 is 1.75. The van der Waals surface area contributed by atoms with Crippen LogP contribution in [0.4, 0.5) is 0 Å². The zero-order valence-electron chi connectivity index (χ0n) is 11.9. The number of benzene rings is 1. The molecular formula is C16H22N2OS. The highest BCUT2D eigenvalue weighted by Gasteiger charge is 2.38. The van der Waals surface area contributed by atoms with Gasteiger partial charge in [0.05, 0.1) is 6.07 Å². The summed E-state index contributed by atoms with van der Waals surface area (Å²) in [6.45, 7) is 2.31. The lowest BCUT2D eigenvalue weighted by molar-refractivity contribution is 0.288. The number of aliphatic hydroxyl groups is 1.